The van der Waals surface area contributed by atoms with Crippen LogP contribution in [0.4, 0.5) is 0 Å². The number of nitrogens with one attached hydrogen (secondary N) is 1. The molecule has 1 N–H and O–H groups in total. The molecule has 0 spiro atoms. The Labute approximate surface area is 108 Å². The quantitative estimate of drug-likeness (QED) is 0.845. The molecule has 5 heteroatoms. The van der Waals surface area contributed by atoms with Crippen LogP contribution in [0.25, 0.3) is 0 Å². The zero-order valence-corrected chi connectivity index (χ0v) is 11.3. The Bertz CT molecular complexity index is 485. The number of aromatic nitrogens is 4. The molecule has 1 unspecified atom stereocenters. The predicted octanol–water partition coefficient (Wildman–Crippen LogP) is 1.73. The molecule has 2 aromatic heterocycles. The zero-order chi connectivity index (χ0) is 13.0. The van der Waals surface area contributed by atoms with Crippen molar-refractivity contribution in [2.75, 3.05) is 6.54 Å². The molecular formula is C13H21N5. The maximum absolute atomic E-state index is 4.35. The molecule has 18 heavy (non-hydrogen) atoms. The lowest BCUT2D eigenvalue weighted by Crippen LogP contribution is -2.24. The van der Waals surface area contributed by atoms with E-state index in [1.165, 1.54) is 11.3 Å². The molecule has 0 aromatic carbocycles. The topological polar surface area (TPSA) is 47.7 Å². The normalized spacial score (nSPS) is 12.8. The molecule has 98 valence electrons. The first-order valence-corrected chi connectivity index (χ1v) is 6.48. The average molecular weight is 247 g/mol. The number of hydrogen-bond acceptors (Lipinski definition) is 3. The Morgan fingerprint density at radius 1 is 1.33 bits per heavy atom. The molecule has 5 nitrogen and oxygen atoms in total. The lowest BCUT2D eigenvalue weighted by molar-refractivity contribution is 0.568. The third kappa shape index (κ3) is 2.61. The lowest BCUT2D eigenvalue weighted by Gasteiger charge is -2.17. The molecular weight excluding hydrogens is 226 g/mol. The molecule has 0 aliphatic carbocycles. The van der Waals surface area contributed by atoms with E-state index in [0.29, 0.717) is 0 Å². The van der Waals surface area contributed by atoms with Crippen LogP contribution >= 0.6 is 0 Å². The first kappa shape index (κ1) is 12.8. The highest BCUT2D eigenvalue weighted by Crippen LogP contribution is 2.20. The summed E-state index contributed by atoms with van der Waals surface area (Å²) in [4.78, 5) is 4.20. The van der Waals surface area contributed by atoms with E-state index in [2.05, 4.69) is 40.0 Å². The van der Waals surface area contributed by atoms with Crippen LogP contribution in [0.5, 0.6) is 0 Å². The van der Waals surface area contributed by atoms with Gasteiger partial charge in [-0.25, -0.2) is 4.98 Å². The number of hydrogen-bond donors (Lipinski definition) is 1. The van der Waals surface area contributed by atoms with Gasteiger partial charge >= 0.3 is 0 Å². The van der Waals surface area contributed by atoms with Gasteiger partial charge in [0.15, 0.2) is 0 Å². The van der Waals surface area contributed by atoms with E-state index in [1.54, 1.807) is 0 Å². The van der Waals surface area contributed by atoms with Crippen LogP contribution in [0.3, 0.4) is 0 Å². The van der Waals surface area contributed by atoms with Crippen LogP contribution in [0.15, 0.2) is 24.9 Å². The fraction of sp³-hybridized carbons (Fsp3) is 0.538. The average Bonchev–Trinajstić information content (AvgIpc) is 3.00. The molecule has 0 saturated carbocycles. The summed E-state index contributed by atoms with van der Waals surface area (Å²) >= 11 is 0. The van der Waals surface area contributed by atoms with Crippen LogP contribution < -0.4 is 5.32 Å². The smallest absolute Gasteiger partial charge is 0.0946 e. The van der Waals surface area contributed by atoms with Crippen molar-refractivity contribution in [2.45, 2.75) is 32.9 Å². The molecule has 0 aliphatic heterocycles. The SMILES string of the molecule is CCCNC(c1cnn(CC)c1)c1cncn1C. The van der Waals surface area contributed by atoms with Crippen molar-refractivity contribution < 1.29 is 0 Å². The van der Waals surface area contributed by atoms with Crippen LogP contribution in [0.1, 0.15) is 37.6 Å². The highest BCUT2D eigenvalue weighted by atomic mass is 15.3. The van der Waals surface area contributed by atoms with Crippen molar-refractivity contribution in [1.82, 2.24) is 24.6 Å². The summed E-state index contributed by atoms with van der Waals surface area (Å²) < 4.78 is 4.00. The van der Waals surface area contributed by atoms with Crippen molar-refractivity contribution in [2.24, 2.45) is 7.05 Å². The summed E-state index contributed by atoms with van der Waals surface area (Å²) in [6.07, 6.45) is 8.89. The van der Waals surface area contributed by atoms with Crippen LogP contribution in [-0.4, -0.2) is 25.9 Å². The van der Waals surface area contributed by atoms with Gasteiger partial charge in [-0.15, -0.1) is 0 Å². The van der Waals surface area contributed by atoms with Gasteiger partial charge in [0.05, 0.1) is 30.5 Å². The Morgan fingerprint density at radius 2 is 2.17 bits per heavy atom. The molecule has 0 saturated heterocycles. The summed E-state index contributed by atoms with van der Waals surface area (Å²) in [7, 11) is 2.02. The number of aryl methyl sites for hydroxylation is 2. The Kier molecular flexibility index (Phi) is 4.15. The monoisotopic (exact) mass is 247 g/mol. The molecule has 0 amide bonds. The number of nitrogens with zero attached hydrogens (tertiary/aromatic N) is 4. The van der Waals surface area contributed by atoms with E-state index in [0.717, 1.165) is 19.5 Å². The summed E-state index contributed by atoms with van der Waals surface area (Å²) in [6.45, 7) is 6.14. The summed E-state index contributed by atoms with van der Waals surface area (Å²) in [5.74, 6) is 0. The number of rotatable bonds is 6. The fourth-order valence-corrected chi connectivity index (χ4v) is 2.03. The van der Waals surface area contributed by atoms with Crippen molar-refractivity contribution in [1.29, 1.82) is 0 Å². The second-order valence-corrected chi connectivity index (χ2v) is 4.45. The maximum Gasteiger partial charge on any atom is 0.0946 e. The van der Waals surface area contributed by atoms with Gasteiger partial charge in [0.25, 0.3) is 0 Å². The largest absolute Gasteiger partial charge is 0.336 e. The second kappa shape index (κ2) is 5.82. The van der Waals surface area contributed by atoms with E-state index >= 15 is 0 Å². The summed E-state index contributed by atoms with van der Waals surface area (Å²) in [5.41, 5.74) is 2.35. The van der Waals surface area contributed by atoms with Crippen LogP contribution in [0.2, 0.25) is 0 Å². The van der Waals surface area contributed by atoms with Crippen molar-refractivity contribution in [3.63, 3.8) is 0 Å². The Morgan fingerprint density at radius 3 is 2.72 bits per heavy atom. The molecule has 0 fully saturated rings. The lowest BCUT2D eigenvalue weighted by atomic mass is 10.1. The molecule has 0 aliphatic rings. The maximum atomic E-state index is 4.35. The standard InChI is InChI=1S/C13H21N5/c1-4-6-15-13(12-8-14-10-17(12)3)11-7-16-18(5-2)9-11/h7-10,13,15H,4-6H2,1-3H3. The minimum Gasteiger partial charge on any atom is -0.336 e. The van der Waals surface area contributed by atoms with Crippen molar-refractivity contribution in [3.05, 3.63) is 36.2 Å². The van der Waals surface area contributed by atoms with E-state index in [9.17, 15) is 0 Å². The summed E-state index contributed by atoms with van der Waals surface area (Å²) in [6, 6.07) is 0.165. The highest BCUT2D eigenvalue weighted by Gasteiger charge is 2.17. The fourth-order valence-electron chi connectivity index (χ4n) is 2.03. The molecule has 2 aromatic rings. The summed E-state index contributed by atoms with van der Waals surface area (Å²) in [5, 5.41) is 7.90. The van der Waals surface area contributed by atoms with Crippen LogP contribution in [-0.2, 0) is 13.6 Å². The van der Waals surface area contributed by atoms with Crippen molar-refractivity contribution in [3.8, 4) is 0 Å². The van der Waals surface area contributed by atoms with E-state index in [-0.39, 0.29) is 6.04 Å². The molecule has 0 bridgehead atoms. The minimum atomic E-state index is 0.165. The molecule has 2 rings (SSSR count). The second-order valence-electron chi connectivity index (χ2n) is 4.45. The predicted molar refractivity (Wildman–Crippen MR) is 71.2 cm³/mol. The minimum absolute atomic E-state index is 0.165. The van der Waals surface area contributed by atoms with Crippen LogP contribution in [0, 0.1) is 0 Å². The molecule has 2 heterocycles. The molecule has 0 radical (unpaired) electrons. The van der Waals surface area contributed by atoms with Gasteiger partial charge in [-0.3, -0.25) is 4.68 Å². The van der Waals surface area contributed by atoms with E-state index in [1.807, 2.05) is 30.5 Å². The van der Waals surface area contributed by atoms with Gasteiger partial charge in [-0.1, -0.05) is 6.92 Å². The number of imidazole rings is 1. The third-order valence-electron chi connectivity index (χ3n) is 3.06. The van der Waals surface area contributed by atoms with E-state index in [4.69, 9.17) is 0 Å². The Hall–Kier alpha value is -1.62. The van der Waals surface area contributed by atoms with Gasteiger partial charge in [-0.05, 0) is 19.9 Å². The first-order valence-electron chi connectivity index (χ1n) is 6.48. The highest BCUT2D eigenvalue weighted by molar-refractivity contribution is 5.22. The van der Waals surface area contributed by atoms with Gasteiger partial charge in [-0.2, -0.15) is 5.10 Å². The van der Waals surface area contributed by atoms with E-state index < -0.39 is 0 Å². The molecule has 1 atom stereocenters. The van der Waals surface area contributed by atoms with Gasteiger partial charge in [0, 0.05) is 25.4 Å². The van der Waals surface area contributed by atoms with Gasteiger partial charge in [0.2, 0.25) is 0 Å². The van der Waals surface area contributed by atoms with Gasteiger partial charge < -0.3 is 9.88 Å². The van der Waals surface area contributed by atoms with Gasteiger partial charge in [0.1, 0.15) is 0 Å². The third-order valence-corrected chi connectivity index (χ3v) is 3.06. The van der Waals surface area contributed by atoms with Crippen molar-refractivity contribution >= 4 is 0 Å². The zero-order valence-electron chi connectivity index (χ0n) is 11.3. The Balaban J connectivity index is 2.27. The first-order chi connectivity index (χ1) is 8.76.